The summed E-state index contributed by atoms with van der Waals surface area (Å²) in [5.41, 5.74) is 0. The molecule has 0 aliphatic carbocycles. The van der Waals surface area contributed by atoms with Gasteiger partial charge in [0.15, 0.2) is 8.32 Å². The van der Waals surface area contributed by atoms with Gasteiger partial charge in [-0.25, -0.2) is 0 Å². The molecule has 0 saturated carbocycles. The Morgan fingerprint density at radius 1 is 1.32 bits per heavy atom. The third-order valence-corrected chi connectivity index (χ3v) is 8.55. The van der Waals surface area contributed by atoms with Crippen LogP contribution in [0.25, 0.3) is 0 Å². The van der Waals surface area contributed by atoms with Crippen molar-refractivity contribution in [3.8, 4) is 0 Å². The fraction of sp³-hybridized carbons (Fsp3) is 0.909. The van der Waals surface area contributed by atoms with Gasteiger partial charge in [-0.3, -0.25) is 4.79 Å². The van der Waals surface area contributed by atoms with Crippen LogP contribution in [0.2, 0.25) is 18.1 Å². The number of hydrogen-bond acceptors (Lipinski definition) is 2. The van der Waals surface area contributed by atoms with Crippen LogP contribution in [0, 0.1) is 0 Å². The SMILES string of the molecule is CC(C)(C)[Si](C)(C)OC(CC(Br)C(=O)O)C(F)(F)F. The van der Waals surface area contributed by atoms with Gasteiger partial charge in [-0.15, -0.1) is 0 Å². The third kappa shape index (κ3) is 5.82. The predicted octanol–water partition coefficient (Wildman–Crippen LogP) is 4.18. The molecule has 0 amide bonds. The fourth-order valence-corrected chi connectivity index (χ4v) is 2.70. The molecule has 2 unspecified atom stereocenters. The molecule has 0 aliphatic heterocycles. The molecule has 2 atom stereocenters. The Morgan fingerprint density at radius 3 is 2.00 bits per heavy atom. The molecule has 0 saturated heterocycles. The molecule has 0 radical (unpaired) electrons. The summed E-state index contributed by atoms with van der Waals surface area (Å²) in [6.07, 6.45) is -7.27. The Morgan fingerprint density at radius 2 is 1.74 bits per heavy atom. The molecular formula is C11H20BrF3O3Si. The summed E-state index contributed by atoms with van der Waals surface area (Å²) >= 11 is 2.73. The maximum atomic E-state index is 12.9. The standard InChI is InChI=1S/C11H20BrF3O3Si/c1-10(2,3)19(4,5)18-8(11(13,14)15)6-7(12)9(16)17/h7-8H,6H2,1-5H3,(H,16,17). The van der Waals surface area contributed by atoms with Crippen LogP contribution >= 0.6 is 15.9 Å². The van der Waals surface area contributed by atoms with E-state index < -0.39 is 37.8 Å². The van der Waals surface area contributed by atoms with E-state index in [2.05, 4.69) is 15.9 Å². The van der Waals surface area contributed by atoms with Gasteiger partial charge in [0.1, 0.15) is 10.9 Å². The lowest BCUT2D eigenvalue weighted by atomic mass is 10.2. The zero-order valence-corrected chi connectivity index (χ0v) is 14.2. The van der Waals surface area contributed by atoms with Gasteiger partial charge >= 0.3 is 12.1 Å². The van der Waals surface area contributed by atoms with E-state index in [0.717, 1.165) is 0 Å². The monoisotopic (exact) mass is 364 g/mol. The minimum Gasteiger partial charge on any atom is -0.480 e. The Kier molecular flexibility index (Phi) is 6.11. The highest BCUT2D eigenvalue weighted by molar-refractivity contribution is 9.10. The van der Waals surface area contributed by atoms with E-state index in [1.54, 1.807) is 13.1 Å². The minimum atomic E-state index is -4.57. The molecule has 0 aromatic carbocycles. The second kappa shape index (κ2) is 6.13. The molecule has 114 valence electrons. The smallest absolute Gasteiger partial charge is 0.413 e. The van der Waals surface area contributed by atoms with Crippen molar-refractivity contribution in [3.63, 3.8) is 0 Å². The summed E-state index contributed by atoms with van der Waals surface area (Å²) in [6.45, 7) is 8.89. The van der Waals surface area contributed by atoms with Gasteiger partial charge in [-0.05, 0) is 18.1 Å². The first-order valence-electron chi connectivity index (χ1n) is 5.80. The van der Waals surface area contributed by atoms with E-state index >= 15 is 0 Å². The van der Waals surface area contributed by atoms with Gasteiger partial charge in [0.25, 0.3) is 0 Å². The number of carbonyl (C=O) groups is 1. The van der Waals surface area contributed by atoms with Crippen molar-refractivity contribution in [3.05, 3.63) is 0 Å². The van der Waals surface area contributed by atoms with Crippen molar-refractivity contribution in [1.29, 1.82) is 0 Å². The highest BCUT2D eigenvalue weighted by Gasteiger charge is 2.48. The molecule has 0 aliphatic rings. The number of aliphatic carboxylic acids is 1. The number of rotatable bonds is 5. The highest BCUT2D eigenvalue weighted by Crippen LogP contribution is 2.40. The van der Waals surface area contributed by atoms with Crippen LogP contribution in [0.15, 0.2) is 0 Å². The summed E-state index contributed by atoms with van der Waals surface area (Å²) in [6, 6.07) is 0. The van der Waals surface area contributed by atoms with Gasteiger partial charge in [0.2, 0.25) is 0 Å². The molecule has 0 heterocycles. The average molecular weight is 365 g/mol. The van der Waals surface area contributed by atoms with Gasteiger partial charge in [-0.2, -0.15) is 13.2 Å². The lowest BCUT2D eigenvalue weighted by molar-refractivity contribution is -0.200. The summed E-state index contributed by atoms with van der Waals surface area (Å²) in [7, 11) is -2.61. The lowest BCUT2D eigenvalue weighted by Crippen LogP contribution is -2.49. The zero-order chi connectivity index (χ0) is 15.6. The van der Waals surface area contributed by atoms with Crippen LogP contribution in [-0.2, 0) is 9.22 Å². The first-order chi connectivity index (χ1) is 8.18. The van der Waals surface area contributed by atoms with Crippen LogP contribution in [0.3, 0.4) is 0 Å². The van der Waals surface area contributed by atoms with Crippen molar-refractivity contribution in [2.75, 3.05) is 0 Å². The number of carboxylic acids is 1. The second-order valence-corrected chi connectivity index (χ2v) is 11.8. The molecule has 1 N–H and O–H groups in total. The molecule has 19 heavy (non-hydrogen) atoms. The van der Waals surface area contributed by atoms with Crippen LogP contribution < -0.4 is 0 Å². The molecule has 0 spiro atoms. The van der Waals surface area contributed by atoms with Gasteiger partial charge < -0.3 is 9.53 Å². The third-order valence-electron chi connectivity index (χ3n) is 3.30. The van der Waals surface area contributed by atoms with E-state index in [-0.39, 0.29) is 5.04 Å². The first kappa shape index (κ1) is 18.9. The second-order valence-electron chi connectivity index (χ2n) is 5.95. The van der Waals surface area contributed by atoms with Gasteiger partial charge in [0.05, 0.1) is 0 Å². The lowest BCUT2D eigenvalue weighted by Gasteiger charge is -2.39. The Balaban J connectivity index is 5.06. The van der Waals surface area contributed by atoms with Crippen molar-refractivity contribution >= 4 is 30.2 Å². The molecular weight excluding hydrogens is 345 g/mol. The van der Waals surface area contributed by atoms with E-state index in [0.29, 0.717) is 0 Å². The number of hydrogen-bond donors (Lipinski definition) is 1. The van der Waals surface area contributed by atoms with E-state index in [4.69, 9.17) is 9.53 Å². The predicted molar refractivity (Wildman–Crippen MR) is 73.1 cm³/mol. The molecule has 8 heteroatoms. The van der Waals surface area contributed by atoms with Crippen LogP contribution in [-0.4, -0.2) is 36.5 Å². The maximum Gasteiger partial charge on any atom is 0.413 e. The zero-order valence-electron chi connectivity index (χ0n) is 11.6. The van der Waals surface area contributed by atoms with E-state index in [1.807, 2.05) is 20.8 Å². The number of carboxylic acid groups (broad SMARTS) is 1. The summed E-state index contributed by atoms with van der Waals surface area (Å²) in [4.78, 5) is 9.39. The summed E-state index contributed by atoms with van der Waals surface area (Å²) in [5.74, 6) is -1.33. The Hall–Kier alpha value is -0.0831. The van der Waals surface area contributed by atoms with Crippen molar-refractivity contribution in [2.24, 2.45) is 0 Å². The van der Waals surface area contributed by atoms with E-state index in [9.17, 15) is 18.0 Å². The van der Waals surface area contributed by atoms with Crippen molar-refractivity contribution in [2.45, 2.75) is 62.4 Å². The van der Waals surface area contributed by atoms with Crippen LogP contribution in [0.4, 0.5) is 13.2 Å². The number of alkyl halides is 4. The molecule has 3 nitrogen and oxygen atoms in total. The summed E-state index contributed by atoms with van der Waals surface area (Å²) in [5, 5.41) is 8.32. The molecule has 0 bridgehead atoms. The Bertz CT molecular complexity index is 326. The topological polar surface area (TPSA) is 46.5 Å². The maximum absolute atomic E-state index is 12.9. The molecule has 0 aromatic rings. The largest absolute Gasteiger partial charge is 0.480 e. The van der Waals surface area contributed by atoms with Crippen molar-refractivity contribution in [1.82, 2.24) is 0 Å². The van der Waals surface area contributed by atoms with Gasteiger partial charge in [-0.1, -0.05) is 36.7 Å². The Labute approximate surface area is 120 Å². The van der Waals surface area contributed by atoms with E-state index in [1.165, 1.54) is 0 Å². The highest BCUT2D eigenvalue weighted by atomic mass is 79.9. The number of halogens is 4. The fourth-order valence-electron chi connectivity index (χ4n) is 1.07. The quantitative estimate of drug-likeness (QED) is 0.587. The molecule has 0 aromatic heterocycles. The normalized spacial score (nSPS) is 17.1. The first-order valence-corrected chi connectivity index (χ1v) is 9.62. The molecule has 0 rings (SSSR count). The molecule has 0 fully saturated rings. The summed E-state index contributed by atoms with van der Waals surface area (Å²) < 4.78 is 44.1. The van der Waals surface area contributed by atoms with Gasteiger partial charge in [0, 0.05) is 6.42 Å². The van der Waals surface area contributed by atoms with Crippen LogP contribution in [0.1, 0.15) is 27.2 Å². The minimum absolute atomic E-state index is 0.373. The van der Waals surface area contributed by atoms with Crippen molar-refractivity contribution < 1.29 is 27.5 Å². The van der Waals surface area contributed by atoms with Crippen LogP contribution in [0.5, 0.6) is 0 Å². The average Bonchev–Trinajstić information content (AvgIpc) is 2.12.